The van der Waals surface area contributed by atoms with E-state index in [4.69, 9.17) is 11.6 Å². The molecule has 2 aromatic rings. The molecule has 0 unspecified atom stereocenters. The molecular formula is C14H18ClN5. The summed E-state index contributed by atoms with van der Waals surface area (Å²) in [6.45, 7) is 6.27. The van der Waals surface area contributed by atoms with Gasteiger partial charge >= 0.3 is 0 Å². The molecule has 5 nitrogen and oxygen atoms in total. The largest absolute Gasteiger partial charge is 0.312 e. The Kier molecular flexibility index (Phi) is 4.00. The van der Waals surface area contributed by atoms with Gasteiger partial charge in [0.25, 0.3) is 0 Å². The Balaban J connectivity index is 1.85. The first-order valence-electron chi connectivity index (χ1n) is 6.81. The first-order chi connectivity index (χ1) is 9.72. The van der Waals surface area contributed by atoms with Crippen LogP contribution in [0.15, 0.2) is 30.9 Å². The molecule has 1 fully saturated rings. The molecule has 1 aliphatic rings. The Labute approximate surface area is 123 Å². The summed E-state index contributed by atoms with van der Waals surface area (Å²) in [5, 5.41) is 8.39. The number of halogens is 1. The highest BCUT2D eigenvalue weighted by Gasteiger charge is 2.17. The number of benzene rings is 1. The summed E-state index contributed by atoms with van der Waals surface area (Å²) in [6, 6.07) is 6.48. The average molecular weight is 292 g/mol. The van der Waals surface area contributed by atoms with Crippen LogP contribution in [0.1, 0.15) is 12.5 Å². The second-order valence-corrected chi connectivity index (χ2v) is 5.64. The minimum Gasteiger partial charge on any atom is -0.312 e. The molecule has 6 heteroatoms. The molecule has 0 bridgehead atoms. The summed E-state index contributed by atoms with van der Waals surface area (Å²) in [4.78, 5) is 6.46. The van der Waals surface area contributed by atoms with Crippen molar-refractivity contribution >= 4 is 11.6 Å². The van der Waals surface area contributed by atoms with Gasteiger partial charge in [0.05, 0.1) is 5.69 Å². The molecule has 1 aromatic heterocycles. The lowest BCUT2D eigenvalue weighted by atomic mass is 10.1. The highest BCUT2D eigenvalue weighted by molar-refractivity contribution is 6.30. The van der Waals surface area contributed by atoms with E-state index in [0.29, 0.717) is 11.1 Å². The van der Waals surface area contributed by atoms with Crippen molar-refractivity contribution in [2.45, 2.75) is 19.5 Å². The normalized spacial score (nSPS) is 20.2. The maximum absolute atomic E-state index is 6.11. The number of nitrogens with zero attached hydrogens (tertiary/aromatic N) is 4. The van der Waals surface area contributed by atoms with Crippen molar-refractivity contribution < 1.29 is 0 Å². The predicted octanol–water partition coefficient (Wildman–Crippen LogP) is 1.71. The highest BCUT2D eigenvalue weighted by atomic mass is 35.5. The van der Waals surface area contributed by atoms with E-state index >= 15 is 0 Å². The zero-order valence-electron chi connectivity index (χ0n) is 11.5. The lowest BCUT2D eigenvalue weighted by Gasteiger charge is -2.32. The van der Waals surface area contributed by atoms with Gasteiger partial charge in [0.1, 0.15) is 12.7 Å². The van der Waals surface area contributed by atoms with Crippen molar-refractivity contribution in [3.8, 4) is 5.69 Å². The second kappa shape index (κ2) is 5.91. The zero-order chi connectivity index (χ0) is 13.9. The SMILES string of the molecule is C[C@@H]1CN(Cc2ccc(Cl)cc2-n2cncn2)CCN1. The fraction of sp³-hybridized carbons (Fsp3) is 0.429. The van der Waals surface area contributed by atoms with Crippen molar-refractivity contribution in [1.82, 2.24) is 25.0 Å². The summed E-state index contributed by atoms with van der Waals surface area (Å²) < 4.78 is 1.77. The van der Waals surface area contributed by atoms with Crippen molar-refractivity contribution in [3.63, 3.8) is 0 Å². The number of nitrogens with one attached hydrogen (secondary N) is 1. The first-order valence-corrected chi connectivity index (χ1v) is 7.19. The molecule has 0 radical (unpaired) electrons. The van der Waals surface area contributed by atoms with E-state index in [2.05, 4.69) is 33.3 Å². The van der Waals surface area contributed by atoms with Gasteiger partial charge in [-0.3, -0.25) is 4.90 Å². The molecule has 1 N–H and O–H groups in total. The number of hydrogen-bond acceptors (Lipinski definition) is 4. The maximum atomic E-state index is 6.11. The van der Waals surface area contributed by atoms with Crippen LogP contribution >= 0.6 is 11.6 Å². The quantitative estimate of drug-likeness (QED) is 0.935. The Morgan fingerprint density at radius 2 is 2.35 bits per heavy atom. The van der Waals surface area contributed by atoms with Crippen molar-refractivity contribution in [3.05, 3.63) is 41.4 Å². The molecular weight excluding hydrogens is 274 g/mol. The van der Waals surface area contributed by atoms with Gasteiger partial charge in [0.2, 0.25) is 0 Å². The van der Waals surface area contributed by atoms with Crippen LogP contribution in [0.2, 0.25) is 5.02 Å². The topological polar surface area (TPSA) is 46.0 Å². The molecule has 0 amide bonds. The second-order valence-electron chi connectivity index (χ2n) is 5.20. The van der Waals surface area contributed by atoms with Crippen LogP contribution in [0.5, 0.6) is 0 Å². The van der Waals surface area contributed by atoms with Crippen LogP contribution in [-0.2, 0) is 6.54 Å². The summed E-state index contributed by atoms with van der Waals surface area (Å²) in [7, 11) is 0. The van der Waals surface area contributed by atoms with E-state index in [9.17, 15) is 0 Å². The monoisotopic (exact) mass is 291 g/mol. The molecule has 0 saturated carbocycles. The molecule has 1 aliphatic heterocycles. The molecule has 1 atom stereocenters. The number of piperazine rings is 1. The van der Waals surface area contributed by atoms with Crippen LogP contribution in [-0.4, -0.2) is 45.3 Å². The smallest absolute Gasteiger partial charge is 0.138 e. The third-order valence-corrected chi connectivity index (χ3v) is 3.79. The predicted molar refractivity (Wildman–Crippen MR) is 79.1 cm³/mol. The molecule has 0 spiro atoms. The van der Waals surface area contributed by atoms with E-state index in [-0.39, 0.29) is 0 Å². The molecule has 2 heterocycles. The minimum atomic E-state index is 0.533. The van der Waals surface area contributed by atoms with Crippen LogP contribution in [0.3, 0.4) is 0 Å². The van der Waals surface area contributed by atoms with Gasteiger partial charge in [0, 0.05) is 37.2 Å². The summed E-state index contributed by atoms with van der Waals surface area (Å²) in [5.74, 6) is 0. The lowest BCUT2D eigenvalue weighted by molar-refractivity contribution is 0.199. The average Bonchev–Trinajstić information content (AvgIpc) is 2.95. The van der Waals surface area contributed by atoms with Crippen LogP contribution in [0.4, 0.5) is 0 Å². The highest BCUT2D eigenvalue weighted by Crippen LogP contribution is 2.21. The van der Waals surface area contributed by atoms with Crippen LogP contribution in [0.25, 0.3) is 5.69 Å². The summed E-state index contributed by atoms with van der Waals surface area (Å²) in [5.41, 5.74) is 2.22. The van der Waals surface area contributed by atoms with Gasteiger partial charge in [-0.2, -0.15) is 5.10 Å². The fourth-order valence-corrected chi connectivity index (χ4v) is 2.78. The lowest BCUT2D eigenvalue weighted by Crippen LogP contribution is -2.48. The van der Waals surface area contributed by atoms with Gasteiger partial charge in [0.15, 0.2) is 0 Å². The molecule has 106 valence electrons. The first kappa shape index (κ1) is 13.5. The van der Waals surface area contributed by atoms with E-state index in [1.165, 1.54) is 11.9 Å². The van der Waals surface area contributed by atoms with Gasteiger partial charge in [-0.05, 0) is 24.6 Å². The number of hydrogen-bond donors (Lipinski definition) is 1. The minimum absolute atomic E-state index is 0.533. The van der Waals surface area contributed by atoms with Crippen LogP contribution < -0.4 is 5.32 Å². The third-order valence-electron chi connectivity index (χ3n) is 3.56. The van der Waals surface area contributed by atoms with Gasteiger partial charge in [-0.1, -0.05) is 17.7 Å². The zero-order valence-corrected chi connectivity index (χ0v) is 12.2. The number of rotatable bonds is 3. The van der Waals surface area contributed by atoms with Crippen molar-refractivity contribution in [2.24, 2.45) is 0 Å². The Morgan fingerprint density at radius 1 is 1.45 bits per heavy atom. The van der Waals surface area contributed by atoms with Gasteiger partial charge in [-0.25, -0.2) is 9.67 Å². The fourth-order valence-electron chi connectivity index (χ4n) is 2.61. The molecule has 1 aromatic carbocycles. The standard InChI is InChI=1S/C14H18ClN5/c1-11-7-19(5-4-17-11)8-12-2-3-13(15)6-14(12)20-10-16-9-18-20/h2-3,6,9-11,17H,4-5,7-8H2,1H3/t11-/m1/s1. The van der Waals surface area contributed by atoms with Crippen LogP contribution in [0, 0.1) is 0 Å². The van der Waals surface area contributed by atoms with E-state index in [1.807, 2.05) is 12.1 Å². The van der Waals surface area contributed by atoms with E-state index in [1.54, 1.807) is 11.0 Å². The van der Waals surface area contributed by atoms with E-state index in [0.717, 1.165) is 31.9 Å². The number of aromatic nitrogens is 3. The molecule has 1 saturated heterocycles. The van der Waals surface area contributed by atoms with Crippen molar-refractivity contribution in [2.75, 3.05) is 19.6 Å². The van der Waals surface area contributed by atoms with Gasteiger partial charge in [-0.15, -0.1) is 0 Å². The molecule has 3 rings (SSSR count). The summed E-state index contributed by atoms with van der Waals surface area (Å²) in [6.07, 6.45) is 3.24. The third kappa shape index (κ3) is 3.00. The van der Waals surface area contributed by atoms with E-state index < -0.39 is 0 Å². The Morgan fingerprint density at radius 3 is 3.10 bits per heavy atom. The van der Waals surface area contributed by atoms with Gasteiger partial charge < -0.3 is 5.32 Å². The summed E-state index contributed by atoms with van der Waals surface area (Å²) >= 11 is 6.11. The Bertz CT molecular complexity index is 569. The Hall–Kier alpha value is -1.43. The molecule has 0 aliphatic carbocycles. The van der Waals surface area contributed by atoms with Crippen molar-refractivity contribution in [1.29, 1.82) is 0 Å². The molecule has 20 heavy (non-hydrogen) atoms. The maximum Gasteiger partial charge on any atom is 0.138 e.